The van der Waals surface area contributed by atoms with Gasteiger partial charge < -0.3 is 9.88 Å². The predicted octanol–water partition coefficient (Wildman–Crippen LogP) is 0.950. The molecule has 0 atom stereocenters. The number of H-pyrrole nitrogens is 1. The van der Waals surface area contributed by atoms with Crippen LogP contribution in [0.5, 0.6) is 0 Å². The van der Waals surface area contributed by atoms with E-state index in [9.17, 15) is 8.42 Å². The summed E-state index contributed by atoms with van der Waals surface area (Å²) < 4.78 is 28.8. The van der Waals surface area contributed by atoms with Crippen LogP contribution in [0.25, 0.3) is 11.0 Å². The van der Waals surface area contributed by atoms with E-state index in [4.69, 9.17) is 5.26 Å². The van der Waals surface area contributed by atoms with Crippen LogP contribution in [0.2, 0.25) is 0 Å². The minimum Gasteiger partial charge on any atom is -0.354 e. The molecule has 3 heterocycles. The molecule has 0 amide bonds. The highest BCUT2D eigenvalue weighted by Crippen LogP contribution is 2.49. The molecule has 1 N–H and O–H groups in total. The standard InChI is InChI=1S/C17H23N7O2S/c1-22(8-2-6-18)27(25,26)24-10-9-23(11-17(12-24)4-5-17)16-14-3-7-19-15(14)20-13-21-16/h3,7,13H,2,4-5,8-12H2,1H3,(H,19,20,21). The summed E-state index contributed by atoms with van der Waals surface area (Å²) in [7, 11) is -2.03. The molecule has 4 rings (SSSR count). The number of aromatic amines is 1. The Bertz CT molecular complexity index is 977. The molecular formula is C17H23N7O2S. The molecule has 27 heavy (non-hydrogen) atoms. The molecule has 2 aliphatic rings. The van der Waals surface area contributed by atoms with Gasteiger partial charge in [-0.05, 0) is 18.9 Å². The fourth-order valence-electron chi connectivity index (χ4n) is 3.72. The van der Waals surface area contributed by atoms with Crippen LogP contribution in [0.3, 0.4) is 0 Å². The van der Waals surface area contributed by atoms with Crippen LogP contribution in [0.1, 0.15) is 19.3 Å². The summed E-state index contributed by atoms with van der Waals surface area (Å²) in [6, 6.07) is 3.97. The summed E-state index contributed by atoms with van der Waals surface area (Å²) in [5.74, 6) is 0.851. The normalized spacial score (nSPS) is 20.1. The number of nitriles is 1. The SMILES string of the molecule is CN(CCC#N)S(=O)(=O)N1CCN(c2ncnc3[nH]ccc23)CC2(CC2)C1. The molecule has 2 fully saturated rings. The number of hydrogen-bond acceptors (Lipinski definition) is 6. The average Bonchev–Trinajstić information content (AvgIpc) is 3.30. The minimum atomic E-state index is -3.58. The quantitative estimate of drug-likeness (QED) is 0.815. The van der Waals surface area contributed by atoms with Gasteiger partial charge in [0.15, 0.2) is 0 Å². The highest BCUT2D eigenvalue weighted by molar-refractivity contribution is 7.86. The van der Waals surface area contributed by atoms with Crippen LogP contribution in [-0.4, -0.2) is 71.8 Å². The van der Waals surface area contributed by atoms with Crippen molar-refractivity contribution in [1.29, 1.82) is 5.26 Å². The van der Waals surface area contributed by atoms with Crippen LogP contribution in [0.4, 0.5) is 5.82 Å². The van der Waals surface area contributed by atoms with Crippen LogP contribution in [0.15, 0.2) is 18.6 Å². The maximum Gasteiger partial charge on any atom is 0.281 e. The van der Waals surface area contributed by atoms with Crippen molar-refractivity contribution in [3.05, 3.63) is 18.6 Å². The van der Waals surface area contributed by atoms with E-state index in [0.717, 1.165) is 36.2 Å². The van der Waals surface area contributed by atoms with Gasteiger partial charge >= 0.3 is 0 Å². The summed E-state index contributed by atoms with van der Waals surface area (Å²) in [5, 5.41) is 9.71. The summed E-state index contributed by atoms with van der Waals surface area (Å²) in [6.07, 6.45) is 5.60. The van der Waals surface area contributed by atoms with Crippen LogP contribution in [-0.2, 0) is 10.2 Å². The first-order valence-electron chi connectivity index (χ1n) is 9.07. The van der Waals surface area contributed by atoms with Crippen LogP contribution < -0.4 is 4.90 Å². The molecule has 10 heteroatoms. The maximum atomic E-state index is 13.0. The summed E-state index contributed by atoms with van der Waals surface area (Å²) >= 11 is 0. The van der Waals surface area contributed by atoms with Gasteiger partial charge in [-0.3, -0.25) is 0 Å². The lowest BCUT2D eigenvalue weighted by molar-refractivity contribution is 0.332. The molecule has 0 radical (unpaired) electrons. The van der Waals surface area contributed by atoms with Crippen molar-refractivity contribution in [3.8, 4) is 6.07 Å². The first-order valence-corrected chi connectivity index (χ1v) is 10.5. The number of fused-ring (bicyclic) bond motifs is 1. The van der Waals surface area contributed by atoms with Crippen LogP contribution >= 0.6 is 0 Å². The van der Waals surface area contributed by atoms with E-state index in [1.165, 1.54) is 4.31 Å². The third-order valence-corrected chi connectivity index (χ3v) is 7.44. The fraction of sp³-hybridized carbons (Fsp3) is 0.588. The zero-order valence-electron chi connectivity index (χ0n) is 15.3. The van der Waals surface area contributed by atoms with Crippen molar-refractivity contribution in [2.45, 2.75) is 19.3 Å². The van der Waals surface area contributed by atoms with Crippen molar-refractivity contribution in [3.63, 3.8) is 0 Å². The lowest BCUT2D eigenvalue weighted by Crippen LogP contribution is -2.45. The molecule has 2 aromatic heterocycles. The van der Waals surface area contributed by atoms with Gasteiger partial charge in [-0.15, -0.1) is 0 Å². The minimum absolute atomic E-state index is 0.0206. The van der Waals surface area contributed by atoms with Gasteiger partial charge in [0.25, 0.3) is 10.2 Å². The van der Waals surface area contributed by atoms with Gasteiger partial charge in [0, 0.05) is 57.8 Å². The molecule has 2 aromatic rings. The summed E-state index contributed by atoms with van der Waals surface area (Å²) in [6.45, 7) is 2.49. The van der Waals surface area contributed by atoms with E-state index in [-0.39, 0.29) is 18.4 Å². The van der Waals surface area contributed by atoms with E-state index in [1.807, 2.05) is 18.3 Å². The first-order chi connectivity index (χ1) is 13.0. The largest absolute Gasteiger partial charge is 0.354 e. The second-order valence-electron chi connectivity index (χ2n) is 7.43. The van der Waals surface area contributed by atoms with Crippen molar-refractivity contribution < 1.29 is 8.42 Å². The van der Waals surface area contributed by atoms with Crippen molar-refractivity contribution >= 4 is 27.1 Å². The molecule has 144 valence electrons. The van der Waals surface area contributed by atoms with E-state index in [2.05, 4.69) is 19.9 Å². The Morgan fingerprint density at radius 1 is 1.33 bits per heavy atom. The van der Waals surface area contributed by atoms with Crippen molar-refractivity contribution in [1.82, 2.24) is 23.6 Å². The van der Waals surface area contributed by atoms with E-state index in [1.54, 1.807) is 17.7 Å². The van der Waals surface area contributed by atoms with Crippen molar-refractivity contribution in [2.24, 2.45) is 5.41 Å². The molecule has 1 saturated heterocycles. The Morgan fingerprint density at radius 2 is 2.15 bits per heavy atom. The third kappa shape index (κ3) is 3.38. The molecule has 0 aromatic carbocycles. The van der Waals surface area contributed by atoms with Gasteiger partial charge in [-0.2, -0.15) is 22.3 Å². The second-order valence-corrected chi connectivity index (χ2v) is 9.47. The highest BCUT2D eigenvalue weighted by atomic mass is 32.2. The number of rotatable bonds is 5. The predicted molar refractivity (Wildman–Crippen MR) is 101 cm³/mol. The fourth-order valence-corrected chi connectivity index (χ4v) is 5.19. The Morgan fingerprint density at radius 3 is 2.89 bits per heavy atom. The van der Waals surface area contributed by atoms with Gasteiger partial charge in [0.2, 0.25) is 0 Å². The second kappa shape index (κ2) is 6.74. The Balaban J connectivity index is 1.59. The van der Waals surface area contributed by atoms with E-state index in [0.29, 0.717) is 19.6 Å². The van der Waals surface area contributed by atoms with E-state index < -0.39 is 10.2 Å². The topological polar surface area (TPSA) is 109 Å². The molecule has 0 unspecified atom stereocenters. The number of aromatic nitrogens is 3. The highest BCUT2D eigenvalue weighted by Gasteiger charge is 2.49. The molecule has 1 aliphatic carbocycles. The smallest absolute Gasteiger partial charge is 0.281 e. The molecule has 9 nitrogen and oxygen atoms in total. The molecule has 1 aliphatic heterocycles. The average molecular weight is 389 g/mol. The molecule has 1 spiro atoms. The summed E-state index contributed by atoms with van der Waals surface area (Å²) in [5.41, 5.74) is 0.766. The van der Waals surface area contributed by atoms with Gasteiger partial charge in [0.1, 0.15) is 17.8 Å². The zero-order valence-corrected chi connectivity index (χ0v) is 16.1. The number of nitrogens with one attached hydrogen (secondary N) is 1. The zero-order chi connectivity index (χ0) is 19.1. The Labute approximate surface area is 158 Å². The van der Waals surface area contributed by atoms with Gasteiger partial charge in [0.05, 0.1) is 11.5 Å². The van der Waals surface area contributed by atoms with E-state index >= 15 is 0 Å². The van der Waals surface area contributed by atoms with Gasteiger partial charge in [-0.1, -0.05) is 0 Å². The van der Waals surface area contributed by atoms with Crippen LogP contribution in [0, 0.1) is 16.7 Å². The molecular weight excluding hydrogens is 366 g/mol. The molecule has 1 saturated carbocycles. The van der Waals surface area contributed by atoms with Crippen molar-refractivity contribution in [2.75, 3.05) is 44.7 Å². The Hall–Kier alpha value is -2.22. The molecule has 0 bridgehead atoms. The lowest BCUT2D eigenvalue weighted by atomic mass is 10.1. The van der Waals surface area contributed by atoms with Gasteiger partial charge in [-0.25, -0.2) is 9.97 Å². The third-order valence-electron chi connectivity index (χ3n) is 5.51. The lowest BCUT2D eigenvalue weighted by Gasteiger charge is -2.27. The number of hydrogen-bond donors (Lipinski definition) is 1. The monoisotopic (exact) mass is 389 g/mol. The number of anilines is 1. The Kier molecular flexibility index (Phi) is 4.53. The number of nitrogens with zero attached hydrogens (tertiary/aromatic N) is 6. The first kappa shape index (κ1) is 18.2. The summed E-state index contributed by atoms with van der Waals surface area (Å²) in [4.78, 5) is 14.0. The maximum absolute atomic E-state index is 13.0.